The van der Waals surface area contributed by atoms with E-state index in [1.807, 2.05) is 6.07 Å². The summed E-state index contributed by atoms with van der Waals surface area (Å²) in [6, 6.07) is 3.62. The highest BCUT2D eigenvalue weighted by Gasteiger charge is 2.21. The third-order valence-corrected chi connectivity index (χ3v) is 3.28. The van der Waals surface area contributed by atoms with E-state index >= 15 is 0 Å². The Morgan fingerprint density at radius 1 is 1.12 bits per heavy atom. The first-order valence-corrected chi connectivity index (χ1v) is 5.82. The van der Waals surface area contributed by atoms with Crippen LogP contribution < -0.4 is 5.73 Å². The molecule has 2 heterocycles. The van der Waals surface area contributed by atoms with Gasteiger partial charge < -0.3 is 5.73 Å². The van der Waals surface area contributed by atoms with Crippen molar-refractivity contribution in [1.29, 1.82) is 0 Å². The SMILES string of the molecule is Nc1ccc2nnc(C3CCCCC3)n2n1. The van der Waals surface area contributed by atoms with E-state index in [1.54, 1.807) is 10.6 Å². The molecule has 0 radical (unpaired) electrons. The maximum atomic E-state index is 5.69. The highest BCUT2D eigenvalue weighted by Crippen LogP contribution is 2.31. The van der Waals surface area contributed by atoms with Gasteiger partial charge in [-0.2, -0.15) is 4.52 Å². The molecular weight excluding hydrogens is 202 g/mol. The number of hydrogen-bond donors (Lipinski definition) is 1. The lowest BCUT2D eigenvalue weighted by molar-refractivity contribution is 0.423. The van der Waals surface area contributed by atoms with Crippen LogP contribution in [-0.4, -0.2) is 19.8 Å². The minimum Gasteiger partial charge on any atom is -0.382 e. The van der Waals surface area contributed by atoms with Crippen LogP contribution in [0.1, 0.15) is 43.8 Å². The first-order valence-electron chi connectivity index (χ1n) is 5.82. The summed E-state index contributed by atoms with van der Waals surface area (Å²) in [5.74, 6) is 1.99. The molecule has 2 aromatic heterocycles. The van der Waals surface area contributed by atoms with Crippen molar-refractivity contribution in [2.75, 3.05) is 5.73 Å². The molecule has 3 rings (SSSR count). The molecule has 0 unspecified atom stereocenters. The Morgan fingerprint density at radius 2 is 1.94 bits per heavy atom. The van der Waals surface area contributed by atoms with Gasteiger partial charge in [-0.15, -0.1) is 15.3 Å². The summed E-state index contributed by atoms with van der Waals surface area (Å²) in [7, 11) is 0. The quantitative estimate of drug-likeness (QED) is 0.790. The fraction of sp³-hybridized carbons (Fsp3) is 0.545. The minimum absolute atomic E-state index is 0.498. The molecule has 0 aliphatic heterocycles. The molecule has 0 aromatic carbocycles. The molecule has 16 heavy (non-hydrogen) atoms. The van der Waals surface area contributed by atoms with Crippen LogP contribution in [0.2, 0.25) is 0 Å². The van der Waals surface area contributed by atoms with Crippen molar-refractivity contribution in [3.8, 4) is 0 Å². The Labute approximate surface area is 93.7 Å². The zero-order chi connectivity index (χ0) is 11.0. The third kappa shape index (κ3) is 1.52. The molecule has 0 bridgehead atoms. The van der Waals surface area contributed by atoms with E-state index in [-0.39, 0.29) is 0 Å². The topological polar surface area (TPSA) is 69.1 Å². The van der Waals surface area contributed by atoms with Crippen molar-refractivity contribution in [3.63, 3.8) is 0 Å². The molecule has 84 valence electrons. The van der Waals surface area contributed by atoms with Crippen molar-refractivity contribution < 1.29 is 0 Å². The summed E-state index contributed by atoms with van der Waals surface area (Å²) >= 11 is 0. The van der Waals surface area contributed by atoms with Crippen molar-refractivity contribution in [2.24, 2.45) is 0 Å². The fourth-order valence-corrected chi connectivity index (χ4v) is 2.44. The van der Waals surface area contributed by atoms with Gasteiger partial charge in [0.15, 0.2) is 11.5 Å². The van der Waals surface area contributed by atoms with Gasteiger partial charge in [-0.05, 0) is 25.0 Å². The van der Waals surface area contributed by atoms with E-state index in [9.17, 15) is 0 Å². The Morgan fingerprint density at radius 3 is 2.75 bits per heavy atom. The summed E-state index contributed by atoms with van der Waals surface area (Å²) in [6.07, 6.45) is 6.28. The fourth-order valence-electron chi connectivity index (χ4n) is 2.44. The van der Waals surface area contributed by atoms with E-state index in [0.717, 1.165) is 11.5 Å². The molecule has 0 atom stereocenters. The Bertz CT molecular complexity index is 498. The van der Waals surface area contributed by atoms with Gasteiger partial charge in [0, 0.05) is 5.92 Å². The molecule has 0 spiro atoms. The second-order valence-corrected chi connectivity index (χ2v) is 4.42. The van der Waals surface area contributed by atoms with Crippen LogP contribution in [0.4, 0.5) is 5.82 Å². The Hall–Kier alpha value is -1.65. The molecule has 2 N–H and O–H groups in total. The number of fused-ring (bicyclic) bond motifs is 1. The normalized spacial score (nSPS) is 18.0. The monoisotopic (exact) mass is 217 g/mol. The predicted octanol–water partition coefficient (Wildman–Crippen LogP) is 1.75. The highest BCUT2D eigenvalue weighted by atomic mass is 15.4. The lowest BCUT2D eigenvalue weighted by atomic mass is 9.89. The summed E-state index contributed by atoms with van der Waals surface area (Å²) in [4.78, 5) is 0. The molecule has 0 amide bonds. The maximum Gasteiger partial charge on any atom is 0.178 e. The van der Waals surface area contributed by atoms with Crippen molar-refractivity contribution >= 4 is 11.5 Å². The van der Waals surface area contributed by atoms with E-state index in [2.05, 4.69) is 15.3 Å². The summed E-state index contributed by atoms with van der Waals surface area (Å²) < 4.78 is 1.80. The van der Waals surface area contributed by atoms with Crippen LogP contribution in [0.3, 0.4) is 0 Å². The Balaban J connectivity index is 2.05. The van der Waals surface area contributed by atoms with Crippen LogP contribution in [0.25, 0.3) is 5.65 Å². The molecule has 1 aliphatic carbocycles. The molecule has 5 nitrogen and oxygen atoms in total. The number of nitrogens with two attached hydrogens (primary N) is 1. The van der Waals surface area contributed by atoms with Gasteiger partial charge >= 0.3 is 0 Å². The molecule has 0 saturated heterocycles. The largest absolute Gasteiger partial charge is 0.382 e. The first-order chi connectivity index (χ1) is 7.84. The molecular formula is C11H15N5. The van der Waals surface area contributed by atoms with Gasteiger partial charge in [0.25, 0.3) is 0 Å². The number of nitrogens with zero attached hydrogens (tertiary/aromatic N) is 4. The second-order valence-electron chi connectivity index (χ2n) is 4.42. The lowest BCUT2D eigenvalue weighted by Gasteiger charge is -2.19. The van der Waals surface area contributed by atoms with E-state index in [4.69, 9.17) is 5.73 Å². The molecule has 1 fully saturated rings. The highest BCUT2D eigenvalue weighted by molar-refractivity contribution is 5.41. The summed E-state index contributed by atoms with van der Waals surface area (Å²) in [5.41, 5.74) is 6.48. The van der Waals surface area contributed by atoms with E-state index < -0.39 is 0 Å². The van der Waals surface area contributed by atoms with Gasteiger partial charge in [0.2, 0.25) is 0 Å². The minimum atomic E-state index is 0.498. The number of nitrogen functional groups attached to an aromatic ring is 1. The van der Waals surface area contributed by atoms with Gasteiger partial charge in [-0.1, -0.05) is 19.3 Å². The van der Waals surface area contributed by atoms with Crippen molar-refractivity contribution in [1.82, 2.24) is 19.8 Å². The Kier molecular flexibility index (Phi) is 2.23. The van der Waals surface area contributed by atoms with Crippen molar-refractivity contribution in [2.45, 2.75) is 38.0 Å². The maximum absolute atomic E-state index is 5.69. The van der Waals surface area contributed by atoms with Crippen LogP contribution >= 0.6 is 0 Å². The smallest absolute Gasteiger partial charge is 0.178 e. The molecule has 5 heteroatoms. The van der Waals surface area contributed by atoms with E-state index in [0.29, 0.717) is 11.7 Å². The van der Waals surface area contributed by atoms with Crippen LogP contribution in [0.5, 0.6) is 0 Å². The van der Waals surface area contributed by atoms with Gasteiger partial charge in [-0.3, -0.25) is 0 Å². The summed E-state index contributed by atoms with van der Waals surface area (Å²) in [5, 5.41) is 12.7. The summed E-state index contributed by atoms with van der Waals surface area (Å²) in [6.45, 7) is 0. The number of aromatic nitrogens is 4. The molecule has 1 aliphatic rings. The first kappa shape index (κ1) is 9.57. The zero-order valence-corrected chi connectivity index (χ0v) is 9.13. The molecule has 2 aromatic rings. The average Bonchev–Trinajstić information content (AvgIpc) is 2.73. The lowest BCUT2D eigenvalue weighted by Crippen LogP contribution is -2.10. The predicted molar refractivity (Wildman–Crippen MR) is 61.0 cm³/mol. The second kappa shape index (κ2) is 3.73. The number of hydrogen-bond acceptors (Lipinski definition) is 4. The van der Waals surface area contributed by atoms with Crippen molar-refractivity contribution in [3.05, 3.63) is 18.0 Å². The zero-order valence-electron chi connectivity index (χ0n) is 9.13. The van der Waals surface area contributed by atoms with Crippen LogP contribution in [-0.2, 0) is 0 Å². The van der Waals surface area contributed by atoms with Crippen LogP contribution in [0.15, 0.2) is 12.1 Å². The van der Waals surface area contributed by atoms with Gasteiger partial charge in [0.05, 0.1) is 0 Å². The number of rotatable bonds is 1. The van der Waals surface area contributed by atoms with Crippen LogP contribution in [0, 0.1) is 0 Å². The third-order valence-electron chi connectivity index (χ3n) is 3.28. The number of anilines is 1. The van der Waals surface area contributed by atoms with Gasteiger partial charge in [-0.25, -0.2) is 0 Å². The van der Waals surface area contributed by atoms with E-state index in [1.165, 1.54) is 32.1 Å². The standard InChI is InChI=1S/C11H15N5/c12-9-6-7-10-13-14-11(16(10)15-9)8-4-2-1-3-5-8/h6-8H,1-5H2,(H2,12,15). The average molecular weight is 217 g/mol. The molecule has 1 saturated carbocycles. The van der Waals surface area contributed by atoms with Gasteiger partial charge in [0.1, 0.15) is 5.82 Å².